The van der Waals surface area contributed by atoms with Gasteiger partial charge in [0.2, 0.25) is 5.91 Å². The zero-order chi connectivity index (χ0) is 20.5. The highest BCUT2D eigenvalue weighted by Crippen LogP contribution is 2.29. The summed E-state index contributed by atoms with van der Waals surface area (Å²) in [7, 11) is 1.67. The first-order valence-electron chi connectivity index (χ1n) is 9.42. The van der Waals surface area contributed by atoms with Crippen LogP contribution in [0.15, 0.2) is 23.2 Å². The van der Waals surface area contributed by atoms with E-state index in [-0.39, 0.29) is 47.4 Å². The Bertz CT molecular complexity index is 691. The average molecular weight is 526 g/mol. The van der Waals surface area contributed by atoms with Gasteiger partial charge in [0.25, 0.3) is 0 Å². The van der Waals surface area contributed by atoms with Gasteiger partial charge in [-0.25, -0.2) is 0 Å². The number of likely N-dealkylation sites (tertiary alicyclic amines) is 1. The maximum absolute atomic E-state index is 12.5. The third-order valence-corrected chi connectivity index (χ3v) is 4.39. The summed E-state index contributed by atoms with van der Waals surface area (Å²) >= 11 is 0. The number of nitrogens with one attached hydrogen (secondary N) is 2. The van der Waals surface area contributed by atoms with E-state index in [4.69, 9.17) is 4.74 Å². The van der Waals surface area contributed by atoms with Crippen molar-refractivity contribution in [1.29, 1.82) is 0 Å². The Labute approximate surface area is 187 Å². The van der Waals surface area contributed by atoms with E-state index in [0.717, 1.165) is 18.5 Å². The van der Waals surface area contributed by atoms with Crippen molar-refractivity contribution in [2.24, 2.45) is 4.99 Å². The van der Waals surface area contributed by atoms with Gasteiger partial charge in [-0.05, 0) is 31.0 Å². The number of guanidine groups is 1. The van der Waals surface area contributed by atoms with Crippen molar-refractivity contribution < 1.29 is 23.0 Å². The van der Waals surface area contributed by atoms with Crippen LogP contribution in [0.4, 0.5) is 8.78 Å². The number of hydrogen-bond acceptors (Lipinski definition) is 4. The molecule has 0 spiro atoms. The van der Waals surface area contributed by atoms with Crippen LogP contribution in [0.1, 0.15) is 32.3 Å². The van der Waals surface area contributed by atoms with Crippen LogP contribution < -0.4 is 20.1 Å². The molecular formula is C19H29F2IN4O3. The predicted molar refractivity (Wildman–Crippen MR) is 118 cm³/mol. The van der Waals surface area contributed by atoms with Gasteiger partial charge in [-0.3, -0.25) is 9.79 Å². The highest BCUT2D eigenvalue weighted by Gasteiger charge is 2.25. The number of ether oxygens (including phenoxy) is 2. The van der Waals surface area contributed by atoms with Crippen LogP contribution in [-0.4, -0.2) is 56.2 Å². The average Bonchev–Trinajstić information content (AvgIpc) is 3.14. The number of halogens is 3. The molecule has 2 rings (SSSR count). The molecule has 1 amide bonds. The minimum atomic E-state index is -2.91. The Morgan fingerprint density at radius 3 is 2.72 bits per heavy atom. The molecule has 1 fully saturated rings. The van der Waals surface area contributed by atoms with E-state index in [1.54, 1.807) is 26.1 Å². The third-order valence-electron chi connectivity index (χ3n) is 4.39. The lowest BCUT2D eigenvalue weighted by molar-refractivity contribution is -0.129. The number of rotatable bonds is 8. The number of alkyl halides is 2. The van der Waals surface area contributed by atoms with Crippen LogP contribution >= 0.6 is 24.0 Å². The molecule has 1 heterocycles. The van der Waals surface area contributed by atoms with Gasteiger partial charge in [0.1, 0.15) is 0 Å². The van der Waals surface area contributed by atoms with Gasteiger partial charge >= 0.3 is 6.61 Å². The minimum Gasteiger partial charge on any atom is -0.490 e. The number of benzene rings is 1. The molecule has 1 saturated heterocycles. The Morgan fingerprint density at radius 2 is 2.10 bits per heavy atom. The Hall–Kier alpha value is -1.85. The number of carbonyl (C=O) groups excluding carboxylic acids is 1. The summed E-state index contributed by atoms with van der Waals surface area (Å²) in [4.78, 5) is 17.8. The van der Waals surface area contributed by atoms with Gasteiger partial charge in [-0.15, -0.1) is 24.0 Å². The van der Waals surface area contributed by atoms with Crippen LogP contribution in [0.3, 0.4) is 0 Å². The number of hydrogen-bond donors (Lipinski definition) is 2. The number of amides is 1. The summed E-state index contributed by atoms with van der Waals surface area (Å²) in [5.41, 5.74) is 0.835. The minimum absolute atomic E-state index is 0. The Balaban J connectivity index is 0.00000420. The van der Waals surface area contributed by atoms with Crippen LogP contribution in [-0.2, 0) is 11.3 Å². The van der Waals surface area contributed by atoms with Gasteiger partial charge in [-0.1, -0.05) is 13.0 Å². The lowest BCUT2D eigenvalue weighted by Crippen LogP contribution is -2.44. The second-order valence-electron chi connectivity index (χ2n) is 6.34. The Morgan fingerprint density at radius 1 is 1.34 bits per heavy atom. The summed E-state index contributed by atoms with van der Waals surface area (Å²) in [6.45, 7) is 2.89. The van der Waals surface area contributed by atoms with Gasteiger partial charge in [0, 0.05) is 39.1 Å². The molecule has 0 aliphatic carbocycles. The molecule has 1 aliphatic heterocycles. The zero-order valence-electron chi connectivity index (χ0n) is 16.9. The summed E-state index contributed by atoms with van der Waals surface area (Å²) in [6.07, 6.45) is 1.37. The summed E-state index contributed by atoms with van der Waals surface area (Å²) in [6, 6.07) is 4.97. The first-order valence-corrected chi connectivity index (χ1v) is 9.42. The van der Waals surface area contributed by atoms with Crippen molar-refractivity contribution in [1.82, 2.24) is 15.5 Å². The molecule has 0 radical (unpaired) electrons. The van der Waals surface area contributed by atoms with Crippen LogP contribution in [0.5, 0.6) is 11.5 Å². The maximum atomic E-state index is 12.5. The number of aliphatic imine (C=N–C) groups is 1. The predicted octanol–water partition coefficient (Wildman–Crippen LogP) is 2.98. The van der Waals surface area contributed by atoms with Gasteiger partial charge in [0.05, 0.1) is 6.61 Å². The topological polar surface area (TPSA) is 75.2 Å². The van der Waals surface area contributed by atoms with Crippen LogP contribution in [0.25, 0.3) is 0 Å². The smallest absolute Gasteiger partial charge is 0.387 e. The van der Waals surface area contributed by atoms with Crippen LogP contribution in [0, 0.1) is 0 Å². The van der Waals surface area contributed by atoms with Crippen molar-refractivity contribution in [3.05, 3.63) is 23.8 Å². The molecule has 1 atom stereocenters. The highest BCUT2D eigenvalue weighted by atomic mass is 127. The molecule has 2 N–H and O–H groups in total. The maximum Gasteiger partial charge on any atom is 0.387 e. The molecule has 0 saturated carbocycles. The SMILES string of the molecule is CCOc1cc(CNC(=NC)NC2CCN(C(=O)CC)C2)ccc1OC(F)F.I. The van der Waals surface area contributed by atoms with Gasteiger partial charge < -0.3 is 25.0 Å². The van der Waals surface area contributed by atoms with E-state index in [1.807, 2.05) is 11.8 Å². The second kappa shape index (κ2) is 12.7. The van der Waals surface area contributed by atoms with Crippen molar-refractivity contribution in [2.75, 3.05) is 26.7 Å². The highest BCUT2D eigenvalue weighted by molar-refractivity contribution is 14.0. The monoisotopic (exact) mass is 526 g/mol. The van der Waals surface area contributed by atoms with E-state index in [9.17, 15) is 13.6 Å². The van der Waals surface area contributed by atoms with Crippen molar-refractivity contribution >= 4 is 35.8 Å². The van der Waals surface area contributed by atoms with Gasteiger partial charge in [-0.2, -0.15) is 8.78 Å². The van der Waals surface area contributed by atoms with Crippen molar-refractivity contribution in [3.63, 3.8) is 0 Å². The fourth-order valence-electron chi connectivity index (χ4n) is 3.03. The summed E-state index contributed by atoms with van der Waals surface area (Å²) in [5.74, 6) is 1.05. The Kier molecular flexibility index (Phi) is 11.0. The van der Waals surface area contributed by atoms with Crippen LogP contribution in [0.2, 0.25) is 0 Å². The van der Waals surface area contributed by atoms with E-state index >= 15 is 0 Å². The third kappa shape index (κ3) is 7.82. The first kappa shape index (κ1) is 25.2. The van der Waals surface area contributed by atoms with E-state index in [0.29, 0.717) is 32.1 Å². The second-order valence-corrected chi connectivity index (χ2v) is 6.34. The molecule has 0 aromatic heterocycles. The molecule has 164 valence electrons. The number of nitrogens with zero attached hydrogens (tertiary/aromatic N) is 2. The van der Waals surface area contributed by atoms with E-state index in [2.05, 4.69) is 20.4 Å². The van der Waals surface area contributed by atoms with E-state index < -0.39 is 6.61 Å². The molecule has 1 unspecified atom stereocenters. The lowest BCUT2D eigenvalue weighted by atomic mass is 10.2. The fourth-order valence-corrected chi connectivity index (χ4v) is 3.03. The molecule has 7 nitrogen and oxygen atoms in total. The molecule has 1 aromatic carbocycles. The fraction of sp³-hybridized carbons (Fsp3) is 0.579. The van der Waals surface area contributed by atoms with Gasteiger partial charge in [0.15, 0.2) is 17.5 Å². The molecular weight excluding hydrogens is 497 g/mol. The lowest BCUT2D eigenvalue weighted by Gasteiger charge is -2.19. The molecule has 1 aliphatic rings. The molecule has 0 bridgehead atoms. The first-order chi connectivity index (χ1) is 13.5. The largest absolute Gasteiger partial charge is 0.490 e. The molecule has 29 heavy (non-hydrogen) atoms. The van der Waals surface area contributed by atoms with Crippen molar-refractivity contribution in [3.8, 4) is 11.5 Å². The van der Waals surface area contributed by atoms with Crippen molar-refractivity contribution in [2.45, 2.75) is 45.9 Å². The summed E-state index contributed by atoms with van der Waals surface area (Å²) in [5, 5.41) is 6.50. The normalized spacial score (nSPS) is 16.4. The molecule has 10 heteroatoms. The molecule has 1 aromatic rings. The standard InChI is InChI=1S/C19H28F2N4O3.HI/c1-4-17(26)25-9-8-14(12-25)24-19(22-3)23-11-13-6-7-15(28-18(20)21)16(10-13)27-5-2;/h6-7,10,14,18H,4-5,8-9,11-12H2,1-3H3,(H2,22,23,24);1H. The summed E-state index contributed by atoms with van der Waals surface area (Å²) < 4.78 is 34.9. The quantitative estimate of drug-likeness (QED) is 0.310. The number of carbonyl (C=O) groups is 1. The zero-order valence-corrected chi connectivity index (χ0v) is 19.2. The van der Waals surface area contributed by atoms with E-state index in [1.165, 1.54) is 6.07 Å².